The van der Waals surface area contributed by atoms with Crippen LogP contribution in [0.3, 0.4) is 0 Å². The molecule has 23 nitrogen and oxygen atoms in total. The Balaban J connectivity index is 0.801. The molecule has 0 fully saturated rings. The number of pyridine rings is 2. The van der Waals surface area contributed by atoms with Gasteiger partial charge in [0.25, 0.3) is 17.4 Å². The molecule has 24 heteroatoms. The maximum atomic E-state index is 15.4. The van der Waals surface area contributed by atoms with Crippen LogP contribution in [0.15, 0.2) is 59.4 Å². The van der Waals surface area contributed by atoms with Gasteiger partial charge in [0.2, 0.25) is 41.4 Å². The van der Waals surface area contributed by atoms with Crippen molar-refractivity contribution in [1.29, 1.82) is 0 Å². The predicted octanol–water partition coefficient (Wildman–Crippen LogP) is -0.575. The number of ether oxygens (including phenoxy) is 1. The normalized spacial score (nSPS) is 17.1. The van der Waals surface area contributed by atoms with Crippen LogP contribution in [0.4, 0.5) is 4.39 Å². The van der Waals surface area contributed by atoms with Gasteiger partial charge in [0.05, 0.1) is 67.8 Å². The molecule has 1 unspecified atom stereocenters. The number of carbonyl (C=O) groups is 10. The summed E-state index contributed by atoms with van der Waals surface area (Å²) in [5.41, 5.74) is 1.59. The van der Waals surface area contributed by atoms with Gasteiger partial charge in [-0.2, -0.15) is 0 Å². The van der Waals surface area contributed by atoms with E-state index in [1.54, 1.807) is 50.2 Å². The Morgan fingerprint density at radius 2 is 1.43 bits per heavy atom. The van der Waals surface area contributed by atoms with E-state index in [0.717, 1.165) is 4.90 Å². The Hall–Kier alpha value is -8.67. The summed E-state index contributed by atoms with van der Waals surface area (Å²) in [5, 5.41) is 29.6. The molecule has 0 saturated carbocycles. The topological polar surface area (TPSA) is 322 Å². The first-order valence-electron chi connectivity index (χ1n) is 25.2. The molecule has 3 aliphatic heterocycles. The van der Waals surface area contributed by atoms with Crippen molar-refractivity contribution in [3.8, 4) is 11.4 Å². The Bertz CT molecular complexity index is 3200. The SMILES string of the molecule is CC[C@@]1(O)C(=O)OCc2c1cc1n(c2=O)Cc2c-1nc1cc(F)c(C)c3c1c2[C@@H](NC(=O)CNC(=O)CNC(=O)CNC(=O)C(Cc1ccccc1)NC(=O)CNC(=O)CNC(=O)CCCCCN1C(=O)C=CC1=O)CC3. The lowest BCUT2D eigenvalue weighted by atomic mass is 9.81. The van der Waals surface area contributed by atoms with Crippen LogP contribution in [-0.2, 0) is 84.3 Å². The first-order chi connectivity index (χ1) is 36.9. The second-order valence-electron chi connectivity index (χ2n) is 19.1. The van der Waals surface area contributed by atoms with Gasteiger partial charge in [-0.15, -0.1) is 0 Å². The summed E-state index contributed by atoms with van der Waals surface area (Å²) < 4.78 is 22.0. The zero-order valence-electron chi connectivity index (χ0n) is 42.2. The summed E-state index contributed by atoms with van der Waals surface area (Å²) in [5.74, 6) is -6.80. The number of carbonyl (C=O) groups excluding carboxylic acids is 10. The van der Waals surface area contributed by atoms with E-state index in [-0.39, 0.29) is 67.4 Å². The number of halogens is 1. The maximum absolute atomic E-state index is 15.4. The van der Waals surface area contributed by atoms with Gasteiger partial charge in [0.15, 0.2) is 5.60 Å². The predicted molar refractivity (Wildman–Crippen MR) is 270 cm³/mol. The fourth-order valence-electron chi connectivity index (χ4n) is 9.91. The molecular weight excluding hydrogens is 1000 g/mol. The minimum Gasteiger partial charge on any atom is -0.458 e. The lowest BCUT2D eigenvalue weighted by Crippen LogP contribution is -2.52. The standard InChI is InChI=1S/C53H57FN10O13/c1-3-53(76)33-19-38-49-31(26-64(38)51(74)32(33)27-77-52(53)75)48-35(14-13-30-28(2)34(54)20-36(62-49)47(30)48)60-43(69)24-57-41(67)22-56-42(68)23-59-50(73)37(18-29-10-6-4-7-11-29)61-44(70)25-58-40(66)21-55-39(65)12-8-5-9-17-63-45(71)15-16-46(63)72/h4,6-7,10-11,15-16,19-20,35,37,76H,3,5,8-9,12-14,17-18,21-27H2,1-2H3,(H,55,65)(H,56,68)(H,57,67)(H,58,66)(H,59,73)(H,60,69)(H,61,70)/t35-,37?,53-/m0/s1. The van der Waals surface area contributed by atoms with Crippen LogP contribution >= 0.6 is 0 Å². The molecule has 1 aliphatic carbocycles. The van der Waals surface area contributed by atoms with E-state index in [0.29, 0.717) is 76.7 Å². The Kier molecular flexibility index (Phi) is 16.6. The second-order valence-corrected chi connectivity index (χ2v) is 19.1. The zero-order valence-corrected chi connectivity index (χ0v) is 42.2. The van der Waals surface area contributed by atoms with Gasteiger partial charge in [-0.05, 0) is 67.3 Å². The number of cyclic esters (lactones) is 1. The zero-order chi connectivity index (χ0) is 55.1. The number of benzene rings is 2. The average molecular weight is 1060 g/mol. The van der Waals surface area contributed by atoms with Gasteiger partial charge in [0.1, 0.15) is 18.5 Å². The number of aliphatic hydroxyl groups is 1. The first-order valence-corrected chi connectivity index (χ1v) is 25.2. The van der Waals surface area contributed by atoms with Crippen LogP contribution in [0, 0.1) is 12.7 Å². The second kappa shape index (κ2) is 23.5. The van der Waals surface area contributed by atoms with Crippen LogP contribution in [0.2, 0.25) is 0 Å². The largest absolute Gasteiger partial charge is 0.458 e. The van der Waals surface area contributed by atoms with Crippen LogP contribution in [0.25, 0.3) is 22.3 Å². The lowest BCUT2D eigenvalue weighted by molar-refractivity contribution is -0.172. The highest BCUT2D eigenvalue weighted by Gasteiger charge is 2.46. The number of hydrogen-bond acceptors (Lipinski definition) is 14. The summed E-state index contributed by atoms with van der Waals surface area (Å²) in [6, 6.07) is 9.63. The number of hydrogen-bond donors (Lipinski definition) is 8. The van der Waals surface area contributed by atoms with E-state index in [1.807, 2.05) is 0 Å². The summed E-state index contributed by atoms with van der Waals surface area (Å²) in [6.45, 7) is 0.545. The molecule has 8 N–H and O–H groups in total. The third-order valence-electron chi connectivity index (χ3n) is 14.0. The summed E-state index contributed by atoms with van der Waals surface area (Å²) in [4.78, 5) is 146. The Labute approximate surface area is 439 Å². The van der Waals surface area contributed by atoms with Crippen LogP contribution < -0.4 is 42.8 Å². The lowest BCUT2D eigenvalue weighted by Gasteiger charge is -2.31. The molecule has 8 rings (SSSR count). The molecule has 77 heavy (non-hydrogen) atoms. The van der Waals surface area contributed by atoms with Crippen LogP contribution in [0.1, 0.15) is 90.4 Å². The average Bonchev–Trinajstić information content (AvgIpc) is 4.15. The number of fused-ring (bicyclic) bond motifs is 5. The minimum atomic E-state index is -2.07. The van der Waals surface area contributed by atoms with Gasteiger partial charge in [0, 0.05) is 54.1 Å². The number of rotatable bonds is 22. The van der Waals surface area contributed by atoms with Crippen molar-refractivity contribution < 1.29 is 62.2 Å². The van der Waals surface area contributed by atoms with Crippen molar-refractivity contribution in [3.05, 3.63) is 110 Å². The first kappa shape index (κ1) is 54.6. The van der Waals surface area contributed by atoms with Crippen molar-refractivity contribution in [3.63, 3.8) is 0 Å². The van der Waals surface area contributed by atoms with E-state index in [2.05, 4.69) is 37.2 Å². The van der Waals surface area contributed by atoms with E-state index >= 15 is 4.39 Å². The number of unbranched alkanes of at least 4 members (excludes halogenated alkanes) is 2. The van der Waals surface area contributed by atoms with E-state index in [1.165, 1.54) is 22.8 Å². The molecule has 9 amide bonds. The summed E-state index contributed by atoms with van der Waals surface area (Å²) in [6.07, 6.45) is 4.67. The van der Waals surface area contributed by atoms with Crippen molar-refractivity contribution in [2.75, 3.05) is 39.3 Å². The monoisotopic (exact) mass is 1060 g/mol. The van der Waals surface area contributed by atoms with Gasteiger partial charge in [-0.1, -0.05) is 43.7 Å². The number of nitrogens with zero attached hydrogens (tertiary/aromatic N) is 3. The molecule has 4 aliphatic rings. The number of aryl methyl sites for hydroxylation is 1. The van der Waals surface area contributed by atoms with Crippen LogP contribution in [0.5, 0.6) is 0 Å². The molecule has 0 bridgehead atoms. The summed E-state index contributed by atoms with van der Waals surface area (Å²) >= 11 is 0. The highest BCUT2D eigenvalue weighted by atomic mass is 19.1. The van der Waals surface area contributed by atoms with Gasteiger partial charge in [-0.3, -0.25) is 52.8 Å². The van der Waals surface area contributed by atoms with Gasteiger partial charge in [-0.25, -0.2) is 14.2 Å². The third-order valence-corrected chi connectivity index (χ3v) is 14.0. The molecular formula is C53H57FN10O13. The third kappa shape index (κ3) is 12.1. The van der Waals surface area contributed by atoms with Gasteiger partial charge >= 0.3 is 5.97 Å². The molecule has 0 radical (unpaired) electrons. The maximum Gasteiger partial charge on any atom is 0.343 e. The molecule has 0 saturated heterocycles. The fraction of sp³-hybridized carbons (Fsp3) is 0.396. The quantitative estimate of drug-likeness (QED) is 0.0245. The molecule has 0 spiro atoms. The number of esters is 1. The molecule has 3 atom stereocenters. The Morgan fingerprint density at radius 1 is 0.792 bits per heavy atom. The Morgan fingerprint density at radius 3 is 2.10 bits per heavy atom. The molecule has 5 heterocycles. The van der Waals surface area contributed by atoms with Crippen LogP contribution in [-0.4, -0.2) is 124 Å². The molecule has 404 valence electrons. The summed E-state index contributed by atoms with van der Waals surface area (Å²) in [7, 11) is 0. The van der Waals surface area contributed by atoms with Crippen molar-refractivity contribution >= 4 is 70.0 Å². The van der Waals surface area contributed by atoms with Crippen molar-refractivity contribution in [2.24, 2.45) is 0 Å². The van der Waals surface area contributed by atoms with E-state index < -0.39 is 109 Å². The minimum absolute atomic E-state index is 0.00866. The fourth-order valence-corrected chi connectivity index (χ4v) is 9.91. The van der Waals surface area contributed by atoms with E-state index in [4.69, 9.17) is 9.72 Å². The van der Waals surface area contributed by atoms with E-state index in [9.17, 15) is 57.8 Å². The number of aromatic nitrogens is 2. The number of imide groups is 1. The highest BCUT2D eigenvalue weighted by molar-refractivity contribution is 6.12. The van der Waals surface area contributed by atoms with Crippen molar-refractivity contribution in [2.45, 2.75) is 96.1 Å². The van der Waals surface area contributed by atoms with Gasteiger partial charge < -0.3 is 51.6 Å². The number of amides is 9. The van der Waals surface area contributed by atoms with Crippen molar-refractivity contribution in [1.82, 2.24) is 51.7 Å². The molecule has 4 aromatic rings. The molecule has 2 aromatic heterocycles. The highest BCUT2D eigenvalue weighted by Crippen LogP contribution is 2.46. The number of nitrogens with one attached hydrogen (secondary N) is 7. The smallest absolute Gasteiger partial charge is 0.343 e. The molecule has 2 aromatic carbocycles.